The van der Waals surface area contributed by atoms with E-state index in [1.807, 2.05) is 13.8 Å². The first-order chi connectivity index (χ1) is 10.6. The van der Waals surface area contributed by atoms with E-state index in [4.69, 9.17) is 0 Å². The summed E-state index contributed by atoms with van der Waals surface area (Å²) in [5, 5.41) is 14.9. The zero-order valence-corrected chi connectivity index (χ0v) is 13.8. The summed E-state index contributed by atoms with van der Waals surface area (Å²) in [4.78, 5) is 24.5. The fourth-order valence-electron chi connectivity index (χ4n) is 3.19. The third-order valence-corrected chi connectivity index (χ3v) is 4.97. The molecule has 0 atom stereocenters. The monoisotopic (exact) mass is 332 g/mol. The maximum absolute atomic E-state index is 14.3. The predicted octanol–water partition coefficient (Wildman–Crippen LogP) is 1.74. The summed E-state index contributed by atoms with van der Waals surface area (Å²) in [5.74, 6) is -5.60. The lowest BCUT2D eigenvalue weighted by Crippen LogP contribution is -2.66. The van der Waals surface area contributed by atoms with Gasteiger partial charge in [-0.3, -0.25) is 9.59 Å². The molecule has 0 aromatic rings. The van der Waals surface area contributed by atoms with Crippen LogP contribution in [0.4, 0.5) is 8.78 Å². The number of aliphatic hydroxyl groups is 1. The van der Waals surface area contributed by atoms with Gasteiger partial charge in [0.2, 0.25) is 5.91 Å². The number of amides is 2. The molecule has 0 spiro atoms. The summed E-state index contributed by atoms with van der Waals surface area (Å²) < 4.78 is 28.5. The third kappa shape index (κ3) is 3.34. The van der Waals surface area contributed by atoms with Crippen molar-refractivity contribution < 1.29 is 23.5 Å². The molecule has 2 fully saturated rings. The van der Waals surface area contributed by atoms with Crippen molar-refractivity contribution in [1.29, 1.82) is 0 Å². The van der Waals surface area contributed by atoms with E-state index in [2.05, 4.69) is 10.6 Å². The summed E-state index contributed by atoms with van der Waals surface area (Å²) in [7, 11) is 0. The largest absolute Gasteiger partial charge is 0.383 e. The van der Waals surface area contributed by atoms with Crippen molar-refractivity contribution >= 4 is 11.8 Å². The van der Waals surface area contributed by atoms with Crippen LogP contribution in [0.5, 0.6) is 0 Å². The molecule has 2 amide bonds. The van der Waals surface area contributed by atoms with E-state index >= 15 is 0 Å². The first-order valence-corrected chi connectivity index (χ1v) is 8.34. The molecule has 0 saturated heterocycles. The number of carbonyl (C=O) groups is 2. The lowest BCUT2D eigenvalue weighted by Gasteiger charge is -2.42. The summed E-state index contributed by atoms with van der Waals surface area (Å²) >= 11 is 0. The first-order valence-electron chi connectivity index (χ1n) is 8.34. The number of carbonyl (C=O) groups excluding carboxylic acids is 2. The van der Waals surface area contributed by atoms with Gasteiger partial charge in [-0.05, 0) is 38.0 Å². The van der Waals surface area contributed by atoms with Crippen LogP contribution in [0.25, 0.3) is 0 Å². The van der Waals surface area contributed by atoms with Gasteiger partial charge in [0.25, 0.3) is 5.91 Å². The van der Waals surface area contributed by atoms with E-state index < -0.39 is 28.9 Å². The second-order valence-corrected chi connectivity index (χ2v) is 7.31. The Labute approximate surface area is 135 Å². The number of halogens is 2. The normalized spacial score (nSPS) is 22.5. The number of hydrogen-bond donors (Lipinski definition) is 3. The Hall–Kier alpha value is -1.24. The van der Waals surface area contributed by atoms with Crippen LogP contribution in [0.15, 0.2) is 0 Å². The molecule has 0 bridgehead atoms. The molecule has 2 saturated carbocycles. The molecule has 7 heteroatoms. The van der Waals surface area contributed by atoms with Crippen LogP contribution < -0.4 is 10.6 Å². The van der Waals surface area contributed by atoms with Gasteiger partial charge in [0.15, 0.2) is 0 Å². The molecule has 0 unspecified atom stereocenters. The maximum atomic E-state index is 14.3. The quantitative estimate of drug-likeness (QED) is 0.693. The van der Waals surface area contributed by atoms with Gasteiger partial charge in [0, 0.05) is 6.54 Å². The molecule has 0 aromatic heterocycles. The Balaban J connectivity index is 2.09. The third-order valence-electron chi connectivity index (χ3n) is 4.97. The second kappa shape index (κ2) is 6.34. The molecular formula is C16H26F2N2O3. The van der Waals surface area contributed by atoms with E-state index in [9.17, 15) is 23.5 Å². The Morgan fingerprint density at radius 1 is 1.13 bits per heavy atom. The van der Waals surface area contributed by atoms with Crippen LogP contribution in [0.3, 0.4) is 0 Å². The van der Waals surface area contributed by atoms with Gasteiger partial charge in [0.05, 0.1) is 0 Å². The van der Waals surface area contributed by atoms with Crippen molar-refractivity contribution in [3.05, 3.63) is 0 Å². The lowest BCUT2D eigenvalue weighted by atomic mass is 9.75. The van der Waals surface area contributed by atoms with Crippen LogP contribution in [0.2, 0.25) is 0 Å². The molecule has 2 aliphatic rings. The molecule has 132 valence electrons. The van der Waals surface area contributed by atoms with Gasteiger partial charge in [-0.1, -0.05) is 26.7 Å². The highest BCUT2D eigenvalue weighted by Crippen LogP contribution is 2.45. The van der Waals surface area contributed by atoms with Gasteiger partial charge in [-0.15, -0.1) is 0 Å². The fraction of sp³-hybridized carbons (Fsp3) is 0.875. The van der Waals surface area contributed by atoms with Gasteiger partial charge in [-0.25, -0.2) is 0 Å². The Kier molecular flexibility index (Phi) is 4.99. The summed E-state index contributed by atoms with van der Waals surface area (Å²) in [6.45, 7) is 4.29. The minimum atomic E-state index is -3.88. The van der Waals surface area contributed by atoms with E-state index in [0.29, 0.717) is 38.6 Å². The van der Waals surface area contributed by atoms with Gasteiger partial charge < -0.3 is 15.7 Å². The maximum Gasteiger partial charge on any atom is 0.352 e. The summed E-state index contributed by atoms with van der Waals surface area (Å²) in [5.41, 5.74) is -3.55. The van der Waals surface area contributed by atoms with Crippen molar-refractivity contribution in [3.8, 4) is 0 Å². The van der Waals surface area contributed by atoms with E-state index in [1.54, 1.807) is 0 Å². The van der Waals surface area contributed by atoms with Crippen LogP contribution in [0, 0.1) is 5.92 Å². The summed E-state index contributed by atoms with van der Waals surface area (Å²) in [6.07, 6.45) is 2.37. The number of hydrogen-bond acceptors (Lipinski definition) is 3. The SMILES string of the molecule is CC(C)CNC(=O)C1(NC(=O)C(F)(F)C2(O)CCC2)CCCC1. The zero-order valence-electron chi connectivity index (χ0n) is 13.8. The molecule has 0 aromatic carbocycles. The topological polar surface area (TPSA) is 78.4 Å². The van der Waals surface area contributed by atoms with Crippen molar-refractivity contribution in [2.75, 3.05) is 6.54 Å². The Morgan fingerprint density at radius 3 is 2.13 bits per heavy atom. The molecule has 5 nitrogen and oxygen atoms in total. The lowest BCUT2D eigenvalue weighted by molar-refractivity contribution is -0.217. The fourth-order valence-corrected chi connectivity index (χ4v) is 3.19. The highest BCUT2D eigenvalue weighted by molar-refractivity contribution is 5.94. The zero-order chi connectivity index (χ0) is 17.3. The highest BCUT2D eigenvalue weighted by atomic mass is 19.3. The highest BCUT2D eigenvalue weighted by Gasteiger charge is 2.62. The number of alkyl halides is 2. The molecule has 3 N–H and O–H groups in total. The molecule has 23 heavy (non-hydrogen) atoms. The minimum Gasteiger partial charge on any atom is -0.383 e. The Morgan fingerprint density at radius 2 is 1.70 bits per heavy atom. The van der Waals surface area contributed by atoms with E-state index in [0.717, 1.165) is 0 Å². The number of nitrogens with one attached hydrogen (secondary N) is 2. The van der Waals surface area contributed by atoms with Crippen LogP contribution in [-0.2, 0) is 9.59 Å². The summed E-state index contributed by atoms with van der Waals surface area (Å²) in [6, 6.07) is 0. The Bertz CT molecular complexity index is 470. The molecule has 0 aliphatic heterocycles. The van der Waals surface area contributed by atoms with Crippen molar-refractivity contribution in [2.45, 2.75) is 75.9 Å². The average Bonchev–Trinajstić information content (AvgIpc) is 2.91. The van der Waals surface area contributed by atoms with Crippen LogP contribution >= 0.6 is 0 Å². The molecular weight excluding hydrogens is 306 g/mol. The molecule has 2 rings (SSSR count). The van der Waals surface area contributed by atoms with Crippen molar-refractivity contribution in [3.63, 3.8) is 0 Å². The van der Waals surface area contributed by atoms with Crippen molar-refractivity contribution in [2.24, 2.45) is 5.92 Å². The number of rotatable bonds is 6. The predicted molar refractivity (Wildman–Crippen MR) is 80.9 cm³/mol. The smallest absolute Gasteiger partial charge is 0.352 e. The van der Waals surface area contributed by atoms with Gasteiger partial charge in [0.1, 0.15) is 11.1 Å². The van der Waals surface area contributed by atoms with Crippen molar-refractivity contribution in [1.82, 2.24) is 10.6 Å². The standard InChI is InChI=1S/C16H26F2N2O3/c1-11(2)10-19-12(21)14(6-3-4-7-14)20-13(22)16(17,18)15(23)8-5-9-15/h11,23H,3-10H2,1-2H3,(H,19,21)(H,20,22). The van der Waals surface area contributed by atoms with Gasteiger partial charge in [-0.2, -0.15) is 8.78 Å². The van der Waals surface area contributed by atoms with E-state index in [1.165, 1.54) is 0 Å². The second-order valence-electron chi connectivity index (χ2n) is 7.31. The average molecular weight is 332 g/mol. The molecule has 0 heterocycles. The van der Waals surface area contributed by atoms with E-state index in [-0.39, 0.29) is 18.8 Å². The molecule has 0 radical (unpaired) electrons. The van der Waals surface area contributed by atoms with Crippen LogP contribution in [0.1, 0.15) is 58.8 Å². The minimum absolute atomic E-state index is 0.0973. The van der Waals surface area contributed by atoms with Crippen LogP contribution in [-0.4, -0.2) is 40.5 Å². The molecule has 2 aliphatic carbocycles. The van der Waals surface area contributed by atoms with Gasteiger partial charge >= 0.3 is 5.92 Å². The first kappa shape index (κ1) is 18.1.